The van der Waals surface area contributed by atoms with Crippen molar-refractivity contribution in [3.63, 3.8) is 0 Å². The van der Waals surface area contributed by atoms with E-state index in [1.165, 1.54) is 0 Å². The van der Waals surface area contributed by atoms with Gasteiger partial charge in [-0.05, 0) is 36.6 Å². The van der Waals surface area contributed by atoms with Crippen LogP contribution in [0.25, 0.3) is 0 Å². The van der Waals surface area contributed by atoms with Gasteiger partial charge < -0.3 is 9.84 Å². The quantitative estimate of drug-likeness (QED) is 0.734. The Hall–Kier alpha value is -2.78. The van der Waals surface area contributed by atoms with Crippen molar-refractivity contribution >= 4 is 5.97 Å². The van der Waals surface area contributed by atoms with Crippen LogP contribution in [0, 0.1) is 5.82 Å². The van der Waals surface area contributed by atoms with Crippen molar-refractivity contribution in [2.24, 2.45) is 0 Å². The monoisotopic (exact) mass is 391 g/mol. The Balaban J connectivity index is 1.82. The molecule has 1 N–H and O–H groups in total. The summed E-state index contributed by atoms with van der Waals surface area (Å²) in [5.74, 6) is -7.95. The van der Waals surface area contributed by atoms with Crippen molar-refractivity contribution in [2.45, 2.75) is 30.4 Å². The van der Waals surface area contributed by atoms with Crippen molar-refractivity contribution in [1.29, 1.82) is 0 Å². The van der Waals surface area contributed by atoms with E-state index in [0.29, 0.717) is 6.07 Å². The molecule has 3 rings (SSSR count). The van der Waals surface area contributed by atoms with Gasteiger partial charge in [0.15, 0.2) is 5.82 Å². The highest BCUT2D eigenvalue weighted by Gasteiger charge is 2.75. The zero-order valence-electron chi connectivity index (χ0n) is 13.4. The van der Waals surface area contributed by atoms with Crippen molar-refractivity contribution in [2.75, 3.05) is 0 Å². The maximum atomic E-state index is 13.8. The van der Waals surface area contributed by atoms with E-state index >= 15 is 0 Å². The minimum atomic E-state index is -5.67. The lowest BCUT2D eigenvalue weighted by Gasteiger charge is -2.29. The highest BCUT2D eigenvalue weighted by Crippen LogP contribution is 2.63. The molecular weight excluding hydrogens is 380 g/mol. The summed E-state index contributed by atoms with van der Waals surface area (Å²) < 4.78 is 84.5. The third kappa shape index (κ3) is 3.19. The number of hydrogen-bond acceptors (Lipinski definition) is 3. The van der Waals surface area contributed by atoms with Gasteiger partial charge in [-0.2, -0.15) is 22.0 Å². The molecule has 0 unspecified atom stereocenters. The van der Waals surface area contributed by atoms with Crippen molar-refractivity contribution in [1.82, 2.24) is 4.98 Å². The van der Waals surface area contributed by atoms with Crippen LogP contribution in [0.15, 0.2) is 36.5 Å². The van der Waals surface area contributed by atoms with Gasteiger partial charge >= 0.3 is 18.1 Å². The Morgan fingerprint density at radius 1 is 1.11 bits per heavy atom. The molecule has 1 heterocycles. The fraction of sp³-hybridized carbons (Fsp3) is 0.294. The second-order valence-electron chi connectivity index (χ2n) is 6.10. The van der Waals surface area contributed by atoms with Crippen LogP contribution >= 0.6 is 0 Å². The topological polar surface area (TPSA) is 59.4 Å². The number of nitrogens with zero attached hydrogens (tertiary/aromatic N) is 1. The lowest BCUT2D eigenvalue weighted by molar-refractivity contribution is -0.296. The van der Waals surface area contributed by atoms with E-state index in [1.54, 1.807) is 0 Å². The molecule has 0 aliphatic heterocycles. The standard InChI is InChI=1S/C17H11F6NO3/c18-12-7-9(14(25)26)8-24-13(12)27-11-3-1-10(2-4-11)15(5-6-15)16(19,20)17(21,22)23/h1-4,7-8H,5-6H2,(H,25,26). The predicted molar refractivity (Wildman–Crippen MR) is 79.6 cm³/mol. The second-order valence-corrected chi connectivity index (χ2v) is 6.10. The first-order valence-corrected chi connectivity index (χ1v) is 7.60. The average Bonchev–Trinajstić information content (AvgIpc) is 3.38. The van der Waals surface area contributed by atoms with E-state index in [0.717, 1.165) is 30.5 Å². The van der Waals surface area contributed by atoms with Gasteiger partial charge in [0.1, 0.15) is 5.75 Å². The molecule has 10 heteroatoms. The number of pyridine rings is 1. The Labute approximate surface area is 148 Å². The molecule has 1 saturated carbocycles. The smallest absolute Gasteiger partial charge is 0.454 e. The van der Waals surface area contributed by atoms with Gasteiger partial charge in [0.25, 0.3) is 5.88 Å². The summed E-state index contributed by atoms with van der Waals surface area (Å²) in [4.78, 5) is 14.2. The largest absolute Gasteiger partial charge is 0.478 e. The summed E-state index contributed by atoms with van der Waals surface area (Å²) in [6.07, 6.45) is -5.44. The van der Waals surface area contributed by atoms with Gasteiger partial charge in [-0.1, -0.05) is 12.1 Å². The Kier molecular flexibility index (Phi) is 4.32. The summed E-state index contributed by atoms with van der Waals surface area (Å²) in [6.45, 7) is 0. The van der Waals surface area contributed by atoms with E-state index in [9.17, 15) is 31.1 Å². The Morgan fingerprint density at radius 2 is 1.70 bits per heavy atom. The fourth-order valence-corrected chi connectivity index (χ4v) is 2.75. The van der Waals surface area contributed by atoms with Gasteiger partial charge in [-0.25, -0.2) is 14.2 Å². The van der Waals surface area contributed by atoms with Gasteiger partial charge in [-0.15, -0.1) is 0 Å². The molecule has 0 atom stereocenters. The molecule has 0 bridgehead atoms. The van der Waals surface area contributed by atoms with Crippen LogP contribution in [0.5, 0.6) is 11.6 Å². The van der Waals surface area contributed by atoms with Gasteiger partial charge in [0.2, 0.25) is 0 Å². The minimum Gasteiger partial charge on any atom is -0.478 e. The summed E-state index contributed by atoms with van der Waals surface area (Å²) in [5.41, 5.74) is -2.91. The van der Waals surface area contributed by atoms with E-state index < -0.39 is 40.7 Å². The highest BCUT2D eigenvalue weighted by atomic mass is 19.4. The molecule has 144 valence electrons. The van der Waals surface area contributed by atoms with Crippen molar-refractivity contribution < 1.29 is 41.0 Å². The van der Waals surface area contributed by atoms with Gasteiger partial charge in [0, 0.05) is 6.20 Å². The number of halogens is 6. The zero-order valence-corrected chi connectivity index (χ0v) is 13.4. The fourth-order valence-electron chi connectivity index (χ4n) is 2.75. The molecule has 0 radical (unpaired) electrons. The number of aromatic nitrogens is 1. The lowest BCUT2D eigenvalue weighted by atomic mass is 9.88. The molecule has 0 amide bonds. The van der Waals surface area contributed by atoms with E-state index in [4.69, 9.17) is 9.84 Å². The molecular formula is C17H11F6NO3. The summed E-state index contributed by atoms with van der Waals surface area (Å²) in [6, 6.07) is 5.04. The molecule has 4 nitrogen and oxygen atoms in total. The van der Waals surface area contributed by atoms with Gasteiger partial charge in [-0.3, -0.25) is 0 Å². The summed E-state index contributed by atoms with van der Waals surface area (Å²) >= 11 is 0. The number of hydrogen-bond donors (Lipinski definition) is 1. The van der Waals surface area contributed by atoms with Crippen LogP contribution in [0.3, 0.4) is 0 Å². The maximum Gasteiger partial charge on any atom is 0.454 e. The molecule has 1 aromatic heterocycles. The average molecular weight is 391 g/mol. The Morgan fingerprint density at radius 3 is 2.15 bits per heavy atom. The Bertz CT molecular complexity index is 875. The number of carboxylic acids is 1. The van der Waals surface area contributed by atoms with Crippen molar-refractivity contribution in [3.8, 4) is 11.6 Å². The second kappa shape index (κ2) is 6.14. The van der Waals surface area contributed by atoms with Gasteiger partial charge in [0.05, 0.1) is 11.0 Å². The first-order chi connectivity index (χ1) is 12.5. The van der Waals surface area contributed by atoms with E-state index in [2.05, 4.69) is 4.98 Å². The lowest BCUT2D eigenvalue weighted by Crippen LogP contribution is -2.47. The normalized spacial score (nSPS) is 16.1. The number of carbonyl (C=O) groups is 1. The summed E-state index contributed by atoms with van der Waals surface area (Å²) in [5, 5.41) is 8.74. The molecule has 27 heavy (non-hydrogen) atoms. The van der Waals surface area contributed by atoms with Crippen LogP contribution in [-0.2, 0) is 5.41 Å². The van der Waals surface area contributed by atoms with Crippen LogP contribution in [0.1, 0.15) is 28.8 Å². The van der Waals surface area contributed by atoms with Crippen LogP contribution < -0.4 is 4.74 Å². The minimum absolute atomic E-state index is 0.0562. The molecule has 0 saturated heterocycles. The summed E-state index contributed by atoms with van der Waals surface area (Å²) in [7, 11) is 0. The zero-order chi connectivity index (χ0) is 20.0. The third-order valence-electron chi connectivity index (χ3n) is 4.38. The number of rotatable bonds is 5. The van der Waals surface area contributed by atoms with Crippen LogP contribution in [0.4, 0.5) is 26.3 Å². The maximum absolute atomic E-state index is 13.8. The molecule has 1 fully saturated rings. The van der Waals surface area contributed by atoms with E-state index in [-0.39, 0.29) is 24.2 Å². The first kappa shape index (κ1) is 19.0. The number of ether oxygens (including phenoxy) is 1. The van der Waals surface area contributed by atoms with Crippen molar-refractivity contribution in [3.05, 3.63) is 53.5 Å². The molecule has 0 spiro atoms. The molecule has 1 aliphatic carbocycles. The van der Waals surface area contributed by atoms with Crippen LogP contribution in [0.2, 0.25) is 0 Å². The predicted octanol–water partition coefficient (Wildman–Crippen LogP) is 4.94. The number of carboxylic acid groups (broad SMARTS) is 1. The SMILES string of the molecule is O=C(O)c1cnc(Oc2ccc(C3(C(F)(F)C(F)(F)F)CC3)cc2)c(F)c1. The first-order valence-electron chi connectivity index (χ1n) is 7.60. The highest BCUT2D eigenvalue weighted by molar-refractivity contribution is 5.87. The molecule has 2 aromatic rings. The number of aromatic carboxylic acids is 1. The third-order valence-corrected chi connectivity index (χ3v) is 4.38. The number of alkyl halides is 5. The molecule has 1 aromatic carbocycles. The number of benzene rings is 1. The van der Waals surface area contributed by atoms with Crippen LogP contribution in [-0.4, -0.2) is 28.2 Å². The van der Waals surface area contributed by atoms with E-state index in [1.807, 2.05) is 0 Å². The molecule has 1 aliphatic rings.